The molecule has 0 aliphatic carbocycles. The molecular formula is C38H25Cl3N6O3. The number of nitrogens with zero attached hydrogens (tertiary/aromatic N) is 3. The standard InChI is InChI=1S/C38H25Cl3N6O3/c1-19-31(39)30-29(33(41)32(19)40)37(44-38(30)49)42-22-12-14-23(15-13-22)45-46-35-28-20(11-16-26-25-9-5-6-10-27(25)43-34(26)28)17-21(36(35)48)18-50-47-24-7-3-2-4-8-24/h2-17,43,47-48H,18H2,1H3,(H,42,44,49). The molecule has 0 fully saturated rings. The van der Waals surface area contributed by atoms with Crippen molar-refractivity contribution < 1.29 is 14.7 Å². The number of aromatic amines is 1. The van der Waals surface area contributed by atoms with E-state index in [1.807, 2.05) is 60.7 Å². The maximum atomic E-state index is 12.7. The first-order valence-corrected chi connectivity index (χ1v) is 16.6. The van der Waals surface area contributed by atoms with Gasteiger partial charge in [0.1, 0.15) is 23.9 Å². The number of nitrogens with one attached hydrogen (secondary N) is 3. The molecule has 0 radical (unpaired) electrons. The highest BCUT2D eigenvalue weighted by Crippen LogP contribution is 2.44. The summed E-state index contributed by atoms with van der Waals surface area (Å²) in [6, 6.07) is 30.4. The third-order valence-electron chi connectivity index (χ3n) is 8.59. The Bertz CT molecular complexity index is 2570. The van der Waals surface area contributed by atoms with E-state index in [1.54, 1.807) is 31.2 Å². The molecule has 0 saturated carbocycles. The minimum absolute atomic E-state index is 0.0506. The second-order valence-electron chi connectivity index (χ2n) is 11.7. The fraction of sp³-hybridized carbons (Fsp3) is 0.0526. The fourth-order valence-corrected chi connectivity index (χ4v) is 6.95. The van der Waals surface area contributed by atoms with Gasteiger partial charge in [0, 0.05) is 27.2 Å². The molecule has 0 spiro atoms. The minimum Gasteiger partial charge on any atom is -0.505 e. The summed E-state index contributed by atoms with van der Waals surface area (Å²) in [4.78, 5) is 26.6. The second kappa shape index (κ2) is 12.8. The highest BCUT2D eigenvalue weighted by Gasteiger charge is 2.33. The van der Waals surface area contributed by atoms with E-state index in [-0.39, 0.29) is 38.8 Å². The molecule has 4 N–H and O–H groups in total. The lowest BCUT2D eigenvalue weighted by molar-refractivity contribution is 0.0983. The van der Waals surface area contributed by atoms with Crippen molar-refractivity contribution >= 4 is 102 Å². The molecule has 1 amide bonds. The van der Waals surface area contributed by atoms with Gasteiger partial charge >= 0.3 is 0 Å². The molecule has 9 nitrogen and oxygen atoms in total. The number of carbonyl (C=O) groups excluding carboxylic acids is 1. The number of halogens is 3. The van der Waals surface area contributed by atoms with E-state index in [1.165, 1.54) is 0 Å². The number of phenolic OH excluding ortho intramolecular Hbond substituents is 1. The predicted molar refractivity (Wildman–Crippen MR) is 200 cm³/mol. The number of phenols is 1. The van der Waals surface area contributed by atoms with Crippen LogP contribution in [0.1, 0.15) is 27.0 Å². The number of anilines is 1. The van der Waals surface area contributed by atoms with Gasteiger partial charge in [-0.3, -0.25) is 15.1 Å². The van der Waals surface area contributed by atoms with Crippen LogP contribution >= 0.6 is 34.8 Å². The maximum Gasteiger partial charge on any atom is 0.259 e. The van der Waals surface area contributed by atoms with Gasteiger partial charge in [-0.15, -0.1) is 5.11 Å². The van der Waals surface area contributed by atoms with Crippen LogP contribution in [0.2, 0.25) is 15.1 Å². The van der Waals surface area contributed by atoms with E-state index in [2.05, 4.69) is 43.1 Å². The zero-order valence-electron chi connectivity index (χ0n) is 26.2. The van der Waals surface area contributed by atoms with Gasteiger partial charge < -0.3 is 15.4 Å². The number of rotatable bonds is 7. The smallest absolute Gasteiger partial charge is 0.259 e. The lowest BCUT2D eigenvalue weighted by Crippen LogP contribution is -2.21. The van der Waals surface area contributed by atoms with Crippen LogP contribution in [-0.2, 0) is 11.4 Å². The Morgan fingerprint density at radius 1 is 0.800 bits per heavy atom. The third kappa shape index (κ3) is 5.50. The van der Waals surface area contributed by atoms with Gasteiger partial charge in [-0.1, -0.05) is 83.3 Å². The van der Waals surface area contributed by atoms with Crippen LogP contribution < -0.4 is 10.8 Å². The number of hydrogen-bond donors (Lipinski definition) is 4. The van der Waals surface area contributed by atoms with E-state index in [4.69, 9.17) is 39.6 Å². The number of aliphatic imine (C=N–C) groups is 1. The molecule has 6 aromatic carbocycles. The molecule has 0 bridgehead atoms. The van der Waals surface area contributed by atoms with Crippen LogP contribution in [0.25, 0.3) is 32.6 Å². The summed E-state index contributed by atoms with van der Waals surface area (Å²) >= 11 is 19.3. The van der Waals surface area contributed by atoms with Gasteiger partial charge in [-0.25, -0.2) is 4.99 Å². The van der Waals surface area contributed by atoms with Crippen LogP contribution in [0.15, 0.2) is 112 Å². The minimum atomic E-state index is -0.407. The zero-order valence-corrected chi connectivity index (χ0v) is 28.5. The highest BCUT2D eigenvalue weighted by atomic mass is 35.5. The fourth-order valence-electron chi connectivity index (χ4n) is 6.11. The molecule has 1 aliphatic heterocycles. The number of benzene rings is 6. The molecule has 12 heteroatoms. The van der Waals surface area contributed by atoms with Crippen LogP contribution in [-0.4, -0.2) is 21.8 Å². The van der Waals surface area contributed by atoms with Gasteiger partial charge in [-0.05, 0) is 66.4 Å². The lowest BCUT2D eigenvalue weighted by atomic mass is 10.0. The van der Waals surface area contributed by atoms with Crippen LogP contribution in [0.5, 0.6) is 5.75 Å². The summed E-state index contributed by atoms with van der Waals surface area (Å²) in [7, 11) is 0. The van der Waals surface area contributed by atoms with E-state index in [0.29, 0.717) is 33.8 Å². The Balaban J connectivity index is 1.16. The maximum absolute atomic E-state index is 12.7. The van der Waals surface area contributed by atoms with Crippen molar-refractivity contribution in [2.45, 2.75) is 13.5 Å². The lowest BCUT2D eigenvalue weighted by Gasteiger charge is -2.13. The van der Waals surface area contributed by atoms with Crippen molar-refractivity contribution in [1.29, 1.82) is 0 Å². The molecule has 1 aromatic heterocycles. The summed E-state index contributed by atoms with van der Waals surface area (Å²) in [6.45, 7) is 1.77. The quantitative estimate of drug-likeness (QED) is 0.0743. The van der Waals surface area contributed by atoms with Crippen molar-refractivity contribution in [1.82, 2.24) is 10.3 Å². The van der Waals surface area contributed by atoms with Gasteiger partial charge in [0.2, 0.25) is 0 Å². The normalized spacial score (nSPS) is 13.6. The third-order valence-corrected chi connectivity index (χ3v) is 10.0. The van der Waals surface area contributed by atoms with Gasteiger partial charge in [0.25, 0.3) is 5.91 Å². The zero-order chi connectivity index (χ0) is 34.5. The summed E-state index contributed by atoms with van der Waals surface area (Å²) in [6.07, 6.45) is 0. The highest BCUT2D eigenvalue weighted by molar-refractivity contribution is 6.49. The first kappa shape index (κ1) is 31.8. The molecule has 0 atom stereocenters. The Labute approximate surface area is 300 Å². The monoisotopic (exact) mass is 718 g/mol. The van der Waals surface area contributed by atoms with Crippen LogP contribution in [0, 0.1) is 6.92 Å². The summed E-state index contributed by atoms with van der Waals surface area (Å²) in [5.74, 6) is -0.214. The number of para-hydroxylation sites is 2. The molecule has 8 rings (SSSR count). The molecule has 7 aromatic rings. The Morgan fingerprint density at radius 3 is 2.34 bits per heavy atom. The molecule has 50 heavy (non-hydrogen) atoms. The molecule has 0 unspecified atom stereocenters. The summed E-state index contributed by atoms with van der Waals surface area (Å²) in [5, 5.41) is 27.8. The Kier molecular flexibility index (Phi) is 8.13. The van der Waals surface area contributed by atoms with E-state index in [0.717, 1.165) is 38.3 Å². The number of fused-ring (bicyclic) bond motifs is 6. The van der Waals surface area contributed by atoms with Crippen molar-refractivity contribution in [2.75, 3.05) is 5.48 Å². The van der Waals surface area contributed by atoms with Crippen LogP contribution in [0.3, 0.4) is 0 Å². The van der Waals surface area contributed by atoms with E-state index in [9.17, 15) is 9.90 Å². The average molecular weight is 720 g/mol. The van der Waals surface area contributed by atoms with Gasteiger partial charge in [-0.2, -0.15) is 5.11 Å². The predicted octanol–water partition coefficient (Wildman–Crippen LogP) is 11.2. The summed E-state index contributed by atoms with van der Waals surface area (Å²) < 4.78 is 0. The van der Waals surface area contributed by atoms with Crippen molar-refractivity contribution in [3.05, 3.63) is 134 Å². The SMILES string of the molecule is Cc1c(Cl)c(Cl)c2c(c1Cl)C(=O)NC2=Nc1ccc(N=Nc2c(O)c(CONc3ccccc3)cc3ccc4c5ccccc5[nH]c4c23)cc1. The largest absolute Gasteiger partial charge is 0.505 e. The molecular weight excluding hydrogens is 695 g/mol. The topological polar surface area (TPSA) is 123 Å². The van der Waals surface area contributed by atoms with Crippen molar-refractivity contribution in [3.63, 3.8) is 0 Å². The molecule has 2 heterocycles. The number of amidine groups is 1. The van der Waals surface area contributed by atoms with Gasteiger partial charge in [0.15, 0.2) is 0 Å². The number of aromatic nitrogens is 1. The summed E-state index contributed by atoms with van der Waals surface area (Å²) in [5.41, 5.74) is 8.48. The number of hydrogen-bond acceptors (Lipinski definition) is 7. The van der Waals surface area contributed by atoms with Crippen molar-refractivity contribution in [3.8, 4) is 5.75 Å². The number of H-pyrrole nitrogens is 1. The number of carbonyl (C=O) groups is 1. The van der Waals surface area contributed by atoms with E-state index >= 15 is 0 Å². The van der Waals surface area contributed by atoms with Crippen LogP contribution in [0.4, 0.5) is 22.7 Å². The van der Waals surface area contributed by atoms with Gasteiger partial charge in [0.05, 0.1) is 48.8 Å². The van der Waals surface area contributed by atoms with Crippen molar-refractivity contribution in [2.24, 2.45) is 15.2 Å². The molecule has 246 valence electrons. The van der Waals surface area contributed by atoms with E-state index < -0.39 is 5.91 Å². The number of azo groups is 1. The number of aromatic hydroxyl groups is 1. The first-order chi connectivity index (χ1) is 24.3. The Morgan fingerprint density at radius 2 is 1.54 bits per heavy atom. The second-order valence-corrected chi connectivity index (χ2v) is 12.8. The molecule has 1 aliphatic rings. The number of amides is 1. The molecule has 0 saturated heterocycles. The Hall–Kier alpha value is -5.45. The first-order valence-electron chi connectivity index (χ1n) is 15.5. The average Bonchev–Trinajstić information content (AvgIpc) is 3.67.